The Labute approximate surface area is 219 Å². The molecule has 3 amide bonds. The van der Waals surface area contributed by atoms with E-state index in [1.165, 1.54) is 18.2 Å². The van der Waals surface area contributed by atoms with E-state index >= 15 is 0 Å². The van der Waals surface area contributed by atoms with E-state index in [4.69, 9.17) is 9.47 Å². The second kappa shape index (κ2) is 11.0. The molecule has 2 aliphatic rings. The van der Waals surface area contributed by atoms with Crippen molar-refractivity contribution in [1.29, 1.82) is 0 Å². The number of carbonyl (C=O) groups is 3. The number of halogens is 1. The summed E-state index contributed by atoms with van der Waals surface area (Å²) in [4.78, 5) is 40.1. The van der Waals surface area contributed by atoms with Gasteiger partial charge in [-0.25, -0.2) is 4.39 Å². The zero-order valence-corrected chi connectivity index (χ0v) is 20.9. The molecule has 0 saturated carbocycles. The number of nitrogens with one attached hydrogen (secondary N) is 2. The van der Waals surface area contributed by atoms with E-state index in [-0.39, 0.29) is 42.6 Å². The molecule has 0 aliphatic carbocycles. The molecule has 2 aliphatic heterocycles. The summed E-state index contributed by atoms with van der Waals surface area (Å²) in [7, 11) is 1.72. The van der Waals surface area contributed by atoms with Gasteiger partial charge in [0.15, 0.2) is 0 Å². The zero-order chi connectivity index (χ0) is 26.6. The lowest BCUT2D eigenvalue weighted by atomic mass is 9.94. The Hall–Kier alpha value is -4.24. The lowest BCUT2D eigenvalue weighted by Crippen LogP contribution is -2.53. The van der Waals surface area contributed by atoms with E-state index in [0.29, 0.717) is 29.8 Å². The van der Waals surface area contributed by atoms with E-state index in [2.05, 4.69) is 10.6 Å². The van der Waals surface area contributed by atoms with Crippen LogP contribution in [-0.4, -0.2) is 54.5 Å². The molecule has 2 heterocycles. The average molecular weight is 518 g/mol. The molecule has 1 fully saturated rings. The molecule has 196 valence electrons. The fourth-order valence-corrected chi connectivity index (χ4v) is 4.88. The normalized spacial score (nSPS) is 20.7. The van der Waals surface area contributed by atoms with Gasteiger partial charge in [0.2, 0.25) is 5.91 Å². The molecule has 2 N–H and O–H groups in total. The van der Waals surface area contributed by atoms with Gasteiger partial charge in [0.25, 0.3) is 11.8 Å². The van der Waals surface area contributed by atoms with Crippen molar-refractivity contribution in [3.05, 3.63) is 89.7 Å². The van der Waals surface area contributed by atoms with E-state index in [0.717, 1.165) is 11.8 Å². The van der Waals surface area contributed by atoms with Gasteiger partial charge in [0.05, 0.1) is 24.1 Å². The standard InChI is InChI=1S/C29H28FN3O5/c1-33-24-12-11-22(16-27(34)31-20-8-3-2-4-9-20)38-26(24)17-37-25-13-10-21(15-23(25)29(33)36)32-28(35)18-6-5-7-19(30)14-18/h2-10,13-15,22,24,26H,11-12,16-17H2,1H3,(H,31,34)(H,32,35)/t22-,24-,26-/m0/s1. The molecule has 0 aromatic heterocycles. The predicted molar refractivity (Wildman–Crippen MR) is 140 cm³/mol. The van der Waals surface area contributed by atoms with Gasteiger partial charge >= 0.3 is 0 Å². The van der Waals surface area contributed by atoms with E-state index in [1.807, 2.05) is 30.3 Å². The number of ether oxygens (including phenoxy) is 2. The molecular weight excluding hydrogens is 489 g/mol. The predicted octanol–water partition coefficient (Wildman–Crippen LogP) is 4.49. The van der Waals surface area contributed by atoms with Crippen LogP contribution in [0.1, 0.15) is 40.0 Å². The van der Waals surface area contributed by atoms with Crippen LogP contribution in [0.4, 0.5) is 15.8 Å². The Morgan fingerprint density at radius 2 is 1.79 bits per heavy atom. The van der Waals surface area contributed by atoms with Crippen LogP contribution in [0.2, 0.25) is 0 Å². The molecule has 8 nitrogen and oxygen atoms in total. The summed E-state index contributed by atoms with van der Waals surface area (Å²) in [5.41, 5.74) is 1.61. The maximum atomic E-state index is 13.5. The van der Waals surface area contributed by atoms with Crippen LogP contribution >= 0.6 is 0 Å². The molecular formula is C29H28FN3O5. The number of para-hydroxylation sites is 1. The quantitative estimate of drug-likeness (QED) is 0.520. The first-order valence-corrected chi connectivity index (χ1v) is 12.5. The van der Waals surface area contributed by atoms with Crippen molar-refractivity contribution in [1.82, 2.24) is 4.90 Å². The Bertz CT molecular complexity index is 1350. The number of carbonyl (C=O) groups excluding carboxylic acids is 3. The van der Waals surface area contributed by atoms with Crippen molar-refractivity contribution >= 4 is 29.1 Å². The smallest absolute Gasteiger partial charge is 0.257 e. The van der Waals surface area contributed by atoms with Crippen LogP contribution in [0.25, 0.3) is 0 Å². The fraction of sp³-hybridized carbons (Fsp3) is 0.276. The van der Waals surface area contributed by atoms with Gasteiger partial charge in [-0.1, -0.05) is 24.3 Å². The van der Waals surface area contributed by atoms with Crippen LogP contribution in [0.15, 0.2) is 72.8 Å². The fourth-order valence-electron chi connectivity index (χ4n) is 4.88. The summed E-state index contributed by atoms with van der Waals surface area (Å²) in [6, 6.07) is 19.2. The van der Waals surface area contributed by atoms with Gasteiger partial charge in [-0.15, -0.1) is 0 Å². The number of likely N-dealkylation sites (N-methyl/N-ethyl adjacent to an activating group) is 1. The lowest BCUT2D eigenvalue weighted by molar-refractivity contribution is -0.130. The molecule has 0 radical (unpaired) electrons. The second-order valence-electron chi connectivity index (χ2n) is 9.46. The second-order valence-corrected chi connectivity index (χ2v) is 9.46. The average Bonchev–Trinajstić information content (AvgIpc) is 2.91. The summed E-state index contributed by atoms with van der Waals surface area (Å²) in [6.07, 6.45) is 0.808. The van der Waals surface area contributed by atoms with Crippen molar-refractivity contribution in [2.75, 3.05) is 24.3 Å². The first-order chi connectivity index (χ1) is 18.4. The molecule has 0 unspecified atom stereocenters. The van der Waals surface area contributed by atoms with Crippen LogP contribution in [0, 0.1) is 5.82 Å². The topological polar surface area (TPSA) is 97.0 Å². The summed E-state index contributed by atoms with van der Waals surface area (Å²) >= 11 is 0. The molecule has 0 bridgehead atoms. The van der Waals surface area contributed by atoms with E-state index in [9.17, 15) is 18.8 Å². The monoisotopic (exact) mass is 517 g/mol. The molecule has 1 saturated heterocycles. The minimum Gasteiger partial charge on any atom is -0.490 e. The third-order valence-electron chi connectivity index (χ3n) is 6.83. The van der Waals surface area contributed by atoms with Gasteiger partial charge in [-0.3, -0.25) is 14.4 Å². The number of benzene rings is 3. The molecule has 5 rings (SSSR count). The Kier molecular flexibility index (Phi) is 7.37. The number of fused-ring (bicyclic) bond motifs is 2. The van der Waals surface area contributed by atoms with Crippen LogP contribution < -0.4 is 15.4 Å². The first-order valence-electron chi connectivity index (χ1n) is 12.5. The van der Waals surface area contributed by atoms with Crippen molar-refractivity contribution in [2.24, 2.45) is 0 Å². The van der Waals surface area contributed by atoms with Gasteiger partial charge in [0, 0.05) is 24.0 Å². The number of amides is 3. The highest BCUT2D eigenvalue weighted by atomic mass is 19.1. The SMILES string of the molecule is CN1C(=O)c2cc(NC(=O)c3cccc(F)c3)ccc2OC[C@@H]2O[C@H](CC(=O)Nc3ccccc3)CC[C@@H]21. The molecule has 3 atom stereocenters. The number of hydrogen-bond acceptors (Lipinski definition) is 5. The van der Waals surface area contributed by atoms with Gasteiger partial charge in [-0.2, -0.15) is 0 Å². The highest BCUT2D eigenvalue weighted by molar-refractivity contribution is 6.05. The zero-order valence-electron chi connectivity index (χ0n) is 20.9. The van der Waals surface area contributed by atoms with Crippen LogP contribution in [0.5, 0.6) is 5.75 Å². The van der Waals surface area contributed by atoms with Gasteiger partial charge in [-0.05, 0) is 61.4 Å². The minimum atomic E-state index is -0.510. The van der Waals surface area contributed by atoms with Crippen molar-refractivity contribution in [2.45, 2.75) is 37.5 Å². The molecule has 38 heavy (non-hydrogen) atoms. The molecule has 3 aromatic rings. The van der Waals surface area contributed by atoms with Crippen LogP contribution in [-0.2, 0) is 9.53 Å². The molecule has 9 heteroatoms. The maximum absolute atomic E-state index is 13.5. The molecule has 3 aromatic carbocycles. The van der Waals surface area contributed by atoms with Crippen molar-refractivity contribution in [3.63, 3.8) is 0 Å². The van der Waals surface area contributed by atoms with Crippen molar-refractivity contribution < 1.29 is 28.2 Å². The van der Waals surface area contributed by atoms with Gasteiger partial charge in [0.1, 0.15) is 24.3 Å². The molecule has 0 spiro atoms. The van der Waals surface area contributed by atoms with E-state index < -0.39 is 17.8 Å². The largest absolute Gasteiger partial charge is 0.490 e. The van der Waals surface area contributed by atoms with Crippen LogP contribution in [0.3, 0.4) is 0 Å². The minimum absolute atomic E-state index is 0.131. The Morgan fingerprint density at radius 1 is 0.974 bits per heavy atom. The summed E-state index contributed by atoms with van der Waals surface area (Å²) in [6.45, 7) is 0.209. The maximum Gasteiger partial charge on any atom is 0.257 e. The number of anilines is 2. The van der Waals surface area contributed by atoms with Gasteiger partial charge < -0.3 is 25.0 Å². The lowest BCUT2D eigenvalue weighted by Gasteiger charge is -2.42. The third kappa shape index (κ3) is 5.68. The first kappa shape index (κ1) is 25.4. The number of nitrogens with zero attached hydrogens (tertiary/aromatic N) is 1. The summed E-state index contributed by atoms with van der Waals surface area (Å²) in [5, 5.41) is 5.59. The Balaban J connectivity index is 1.26. The highest BCUT2D eigenvalue weighted by Crippen LogP contribution is 2.32. The Morgan fingerprint density at radius 3 is 2.58 bits per heavy atom. The summed E-state index contributed by atoms with van der Waals surface area (Å²) in [5.74, 6) is -1.02. The number of hydrogen-bond donors (Lipinski definition) is 2. The van der Waals surface area contributed by atoms with E-state index in [1.54, 1.807) is 30.1 Å². The third-order valence-corrected chi connectivity index (χ3v) is 6.83. The number of rotatable bonds is 5. The van der Waals surface area contributed by atoms with Crippen molar-refractivity contribution in [3.8, 4) is 5.75 Å². The highest BCUT2D eigenvalue weighted by Gasteiger charge is 2.39. The summed E-state index contributed by atoms with van der Waals surface area (Å²) < 4.78 is 25.7.